The first-order valence-electron chi connectivity index (χ1n) is 11.0. The van der Waals surface area contributed by atoms with E-state index in [9.17, 15) is 19.2 Å². The van der Waals surface area contributed by atoms with E-state index in [1.54, 1.807) is 20.8 Å². The molecule has 1 aromatic rings. The lowest BCUT2D eigenvalue weighted by atomic mass is 9.98. The quantitative estimate of drug-likeness (QED) is 0.199. The van der Waals surface area contributed by atoms with E-state index in [-0.39, 0.29) is 12.3 Å². The number of alkyl carbamates (subject to hydrolysis) is 1. The summed E-state index contributed by atoms with van der Waals surface area (Å²) < 4.78 is 5.27. The van der Waals surface area contributed by atoms with E-state index >= 15 is 0 Å². The molecule has 4 unspecified atom stereocenters. The van der Waals surface area contributed by atoms with E-state index in [4.69, 9.17) is 10.6 Å². The molecule has 1 rings (SSSR count). The minimum absolute atomic E-state index is 0.167. The Balaban J connectivity index is 2.91. The molecular weight excluding hydrogens is 426 g/mol. The molecular formula is C23H37N5O5. The van der Waals surface area contributed by atoms with E-state index in [2.05, 4.69) is 16.0 Å². The van der Waals surface area contributed by atoms with Crippen LogP contribution in [-0.2, 0) is 25.5 Å². The van der Waals surface area contributed by atoms with Gasteiger partial charge in [-0.1, -0.05) is 50.6 Å². The topological polar surface area (TPSA) is 152 Å². The second kappa shape index (κ2) is 12.8. The fourth-order valence-electron chi connectivity index (χ4n) is 2.96. The molecule has 33 heavy (non-hydrogen) atoms. The Bertz CT molecular complexity index is 809. The zero-order valence-corrected chi connectivity index (χ0v) is 20.2. The number of carbonyl (C=O) groups is 4. The highest BCUT2D eigenvalue weighted by Crippen LogP contribution is 2.10. The summed E-state index contributed by atoms with van der Waals surface area (Å²) >= 11 is 0. The average Bonchev–Trinajstić information content (AvgIpc) is 2.75. The lowest BCUT2D eigenvalue weighted by Gasteiger charge is -2.26. The smallest absolute Gasteiger partial charge is 0.408 e. The summed E-state index contributed by atoms with van der Waals surface area (Å²) in [5, 5.41) is 7.81. The number of ether oxygens (including phenoxy) is 1. The summed E-state index contributed by atoms with van der Waals surface area (Å²) in [6.45, 7) is 10.3. The molecule has 1 aromatic carbocycles. The zero-order valence-electron chi connectivity index (χ0n) is 20.2. The van der Waals surface area contributed by atoms with Crippen LogP contribution in [-0.4, -0.2) is 47.5 Å². The molecule has 6 N–H and O–H groups in total. The monoisotopic (exact) mass is 463 g/mol. The Morgan fingerprint density at radius 2 is 1.55 bits per heavy atom. The molecule has 0 heterocycles. The highest BCUT2D eigenvalue weighted by atomic mass is 16.6. The predicted octanol–water partition coefficient (Wildman–Crippen LogP) is 1.15. The summed E-state index contributed by atoms with van der Waals surface area (Å²) in [5.74, 6) is 3.43. The normalized spacial score (nSPS) is 14.8. The molecule has 4 amide bonds. The third kappa shape index (κ3) is 9.90. The van der Waals surface area contributed by atoms with Crippen LogP contribution < -0.4 is 27.2 Å². The maximum atomic E-state index is 13.0. The Hall–Kier alpha value is -3.14. The number of hydrogen-bond acceptors (Lipinski definition) is 6. The Labute approximate surface area is 195 Å². The van der Waals surface area contributed by atoms with Crippen LogP contribution in [0.3, 0.4) is 0 Å². The maximum absolute atomic E-state index is 13.0. The van der Waals surface area contributed by atoms with Gasteiger partial charge in [-0.05, 0) is 39.2 Å². The van der Waals surface area contributed by atoms with Crippen LogP contribution in [0.15, 0.2) is 30.3 Å². The van der Waals surface area contributed by atoms with Gasteiger partial charge < -0.3 is 20.7 Å². The Morgan fingerprint density at radius 1 is 0.939 bits per heavy atom. The van der Waals surface area contributed by atoms with Crippen molar-refractivity contribution in [3.63, 3.8) is 0 Å². The van der Waals surface area contributed by atoms with Gasteiger partial charge in [0.1, 0.15) is 23.7 Å². The van der Waals surface area contributed by atoms with Crippen LogP contribution in [0, 0.1) is 5.92 Å². The SMILES string of the molecule is CCC(C)C(NC(=O)C(C)NC(=O)C(Cc1ccccc1)NC(=O)OC(C)(C)C)C(=O)NN. The first-order chi connectivity index (χ1) is 15.4. The number of hydrazine groups is 1. The number of benzene rings is 1. The largest absolute Gasteiger partial charge is 0.444 e. The standard InChI is InChI=1S/C23H37N5O5/c1-7-14(2)18(21(31)28-24)27-19(29)15(3)25-20(30)17(13-16-11-9-8-10-12-16)26-22(32)33-23(4,5)6/h8-12,14-15,17-18H,7,13,24H2,1-6H3,(H,25,30)(H,26,32)(H,27,29)(H,28,31). The highest BCUT2D eigenvalue weighted by Gasteiger charge is 2.30. The molecule has 0 aliphatic rings. The molecule has 0 aliphatic heterocycles. The molecule has 10 heteroatoms. The molecule has 0 saturated carbocycles. The molecule has 0 aromatic heterocycles. The maximum Gasteiger partial charge on any atom is 0.408 e. The average molecular weight is 464 g/mol. The van der Waals surface area contributed by atoms with Crippen molar-refractivity contribution in [2.75, 3.05) is 0 Å². The lowest BCUT2D eigenvalue weighted by molar-refractivity contribution is -0.133. The Morgan fingerprint density at radius 3 is 2.06 bits per heavy atom. The zero-order chi connectivity index (χ0) is 25.2. The molecule has 0 bridgehead atoms. The summed E-state index contributed by atoms with van der Waals surface area (Å²) in [5.41, 5.74) is 2.13. The molecule has 0 spiro atoms. The third-order valence-electron chi connectivity index (χ3n) is 4.98. The van der Waals surface area contributed by atoms with Gasteiger partial charge in [-0.15, -0.1) is 0 Å². The molecule has 0 aliphatic carbocycles. The van der Waals surface area contributed by atoms with Crippen LogP contribution in [0.1, 0.15) is 53.5 Å². The number of rotatable bonds is 10. The van der Waals surface area contributed by atoms with Gasteiger partial charge in [-0.3, -0.25) is 19.8 Å². The van der Waals surface area contributed by atoms with E-state index < -0.39 is 47.5 Å². The van der Waals surface area contributed by atoms with Gasteiger partial charge in [0.05, 0.1) is 0 Å². The second-order valence-electron chi connectivity index (χ2n) is 9.00. The van der Waals surface area contributed by atoms with E-state index in [0.717, 1.165) is 5.56 Å². The van der Waals surface area contributed by atoms with Gasteiger partial charge in [0, 0.05) is 6.42 Å². The van der Waals surface area contributed by atoms with E-state index in [0.29, 0.717) is 6.42 Å². The van der Waals surface area contributed by atoms with Crippen molar-refractivity contribution in [1.29, 1.82) is 0 Å². The summed E-state index contributed by atoms with van der Waals surface area (Å²) in [4.78, 5) is 50.0. The summed E-state index contributed by atoms with van der Waals surface area (Å²) in [6, 6.07) is 6.37. The highest BCUT2D eigenvalue weighted by molar-refractivity contribution is 5.93. The number of hydrogen-bond donors (Lipinski definition) is 5. The third-order valence-corrected chi connectivity index (χ3v) is 4.98. The first kappa shape index (κ1) is 27.9. The van der Waals surface area contributed by atoms with Crippen molar-refractivity contribution in [2.24, 2.45) is 11.8 Å². The molecule has 4 atom stereocenters. The van der Waals surface area contributed by atoms with Crippen LogP contribution in [0.4, 0.5) is 4.79 Å². The van der Waals surface area contributed by atoms with Gasteiger partial charge in [-0.2, -0.15) is 0 Å². The van der Waals surface area contributed by atoms with Gasteiger partial charge in [0.2, 0.25) is 11.8 Å². The van der Waals surface area contributed by atoms with Crippen molar-refractivity contribution in [1.82, 2.24) is 21.4 Å². The van der Waals surface area contributed by atoms with Gasteiger partial charge in [0.25, 0.3) is 5.91 Å². The molecule has 0 fully saturated rings. The molecule has 10 nitrogen and oxygen atoms in total. The summed E-state index contributed by atoms with van der Waals surface area (Å²) in [6.07, 6.45) is 0.0933. The van der Waals surface area contributed by atoms with Crippen molar-refractivity contribution < 1.29 is 23.9 Å². The minimum Gasteiger partial charge on any atom is -0.444 e. The van der Waals surface area contributed by atoms with Gasteiger partial charge in [0.15, 0.2) is 0 Å². The van der Waals surface area contributed by atoms with E-state index in [1.807, 2.05) is 49.6 Å². The molecule has 184 valence electrons. The summed E-state index contributed by atoms with van der Waals surface area (Å²) in [7, 11) is 0. The molecule has 0 saturated heterocycles. The van der Waals surface area contributed by atoms with Crippen molar-refractivity contribution >= 4 is 23.8 Å². The number of nitrogens with two attached hydrogens (primary N) is 1. The fourth-order valence-corrected chi connectivity index (χ4v) is 2.96. The predicted molar refractivity (Wildman–Crippen MR) is 125 cm³/mol. The number of carbonyl (C=O) groups excluding carboxylic acids is 4. The Kier molecular flexibility index (Phi) is 10.8. The van der Waals surface area contributed by atoms with Crippen molar-refractivity contribution in [3.05, 3.63) is 35.9 Å². The van der Waals surface area contributed by atoms with Crippen LogP contribution >= 0.6 is 0 Å². The fraction of sp³-hybridized carbons (Fsp3) is 0.565. The van der Waals surface area contributed by atoms with Crippen LogP contribution in [0.5, 0.6) is 0 Å². The number of nitrogens with one attached hydrogen (secondary N) is 4. The van der Waals surface area contributed by atoms with Crippen LogP contribution in [0.2, 0.25) is 0 Å². The van der Waals surface area contributed by atoms with Crippen LogP contribution in [0.25, 0.3) is 0 Å². The molecule has 0 radical (unpaired) electrons. The van der Waals surface area contributed by atoms with Gasteiger partial charge >= 0.3 is 6.09 Å². The van der Waals surface area contributed by atoms with Crippen molar-refractivity contribution in [3.8, 4) is 0 Å². The minimum atomic E-state index is -0.977. The van der Waals surface area contributed by atoms with Crippen molar-refractivity contribution in [2.45, 2.75) is 78.1 Å². The first-order valence-corrected chi connectivity index (χ1v) is 11.0. The second-order valence-corrected chi connectivity index (χ2v) is 9.00. The lowest BCUT2D eigenvalue weighted by Crippen LogP contribution is -2.58. The van der Waals surface area contributed by atoms with E-state index in [1.165, 1.54) is 6.92 Å². The van der Waals surface area contributed by atoms with Gasteiger partial charge in [-0.25, -0.2) is 10.6 Å². The number of amides is 4.